The Morgan fingerprint density at radius 2 is 2.19 bits per heavy atom. The first kappa shape index (κ1) is 10.8. The Hall–Kier alpha value is -1.73. The largest absolute Gasteiger partial charge is 0.243 e. The summed E-state index contributed by atoms with van der Waals surface area (Å²) in [7, 11) is 0. The zero-order chi connectivity index (χ0) is 11.4. The molecule has 1 nitrogen and oxygen atoms in total. The Bertz CT molecular complexity index is 551. The molecular weight excluding hydrogens is 227 g/mol. The lowest BCUT2D eigenvalue weighted by atomic mass is 10.2. The van der Waals surface area contributed by atoms with Crippen molar-refractivity contribution in [3.63, 3.8) is 0 Å². The number of benzene rings is 1. The second-order valence-corrected chi connectivity index (χ2v) is 3.96. The van der Waals surface area contributed by atoms with Gasteiger partial charge < -0.3 is 0 Å². The monoisotopic (exact) mass is 234 g/mol. The molecule has 4 heteroatoms. The molecule has 2 aromatic rings. The SMILES string of the molecule is FCc1nc(C#Cc2cccc([18F])c2)cs1. The van der Waals surface area contributed by atoms with E-state index < -0.39 is 6.67 Å². The topological polar surface area (TPSA) is 12.9 Å². The average molecular weight is 234 g/mol. The van der Waals surface area contributed by atoms with E-state index in [-0.39, 0.29) is 5.82 Å². The predicted molar refractivity (Wildman–Crippen MR) is 59.3 cm³/mol. The minimum atomic E-state index is -0.577. The second kappa shape index (κ2) is 4.86. The first-order valence-corrected chi connectivity index (χ1v) is 5.44. The number of hydrogen-bond acceptors (Lipinski definition) is 2. The summed E-state index contributed by atoms with van der Waals surface area (Å²) >= 11 is 1.23. The molecule has 1 aromatic carbocycles. The van der Waals surface area contributed by atoms with Crippen LogP contribution in [0.2, 0.25) is 0 Å². The average Bonchev–Trinajstić information content (AvgIpc) is 2.74. The lowest BCUT2D eigenvalue weighted by molar-refractivity contribution is 0.483. The lowest BCUT2D eigenvalue weighted by Crippen LogP contribution is -1.79. The van der Waals surface area contributed by atoms with Crippen LogP contribution in [0.3, 0.4) is 0 Å². The second-order valence-electron chi connectivity index (χ2n) is 3.02. The summed E-state index contributed by atoms with van der Waals surface area (Å²) in [4.78, 5) is 3.94. The van der Waals surface area contributed by atoms with E-state index in [0.29, 0.717) is 16.3 Å². The molecule has 80 valence electrons. The molecule has 0 spiro atoms. The van der Waals surface area contributed by atoms with Crippen LogP contribution in [0.25, 0.3) is 0 Å². The summed E-state index contributed by atoms with van der Waals surface area (Å²) in [5.74, 6) is 5.21. The molecule has 1 heterocycles. The van der Waals surface area contributed by atoms with Gasteiger partial charge in [-0.1, -0.05) is 12.0 Å². The molecule has 0 fully saturated rings. The standard InChI is InChI=1S/C12H7F2NS/c13-7-12-15-11(8-16-12)5-4-9-2-1-3-10(14)6-9/h1-3,6,8H,7H2/i14-1. The van der Waals surface area contributed by atoms with Crippen LogP contribution in [-0.2, 0) is 6.67 Å². The zero-order valence-corrected chi connectivity index (χ0v) is 9.02. The molecule has 0 aliphatic carbocycles. The highest BCUT2D eigenvalue weighted by Gasteiger charge is 1.97. The highest BCUT2D eigenvalue weighted by atomic mass is 32.1. The van der Waals surface area contributed by atoms with Gasteiger partial charge >= 0.3 is 0 Å². The van der Waals surface area contributed by atoms with Crippen LogP contribution in [0.15, 0.2) is 29.6 Å². The Morgan fingerprint density at radius 1 is 1.31 bits per heavy atom. The van der Waals surface area contributed by atoms with Crippen molar-refractivity contribution in [3.8, 4) is 11.8 Å². The van der Waals surface area contributed by atoms with Gasteiger partial charge in [-0.05, 0) is 24.1 Å². The molecule has 0 radical (unpaired) electrons. The van der Waals surface area contributed by atoms with E-state index in [1.54, 1.807) is 17.5 Å². The van der Waals surface area contributed by atoms with Gasteiger partial charge in [-0.15, -0.1) is 11.3 Å². The van der Waals surface area contributed by atoms with Crippen LogP contribution in [0, 0.1) is 17.7 Å². The smallest absolute Gasteiger partial charge is 0.141 e. The normalized spacial score (nSPS) is 9.62. The van der Waals surface area contributed by atoms with Gasteiger partial charge in [-0.2, -0.15) is 0 Å². The molecule has 0 aliphatic heterocycles. The minimum absolute atomic E-state index is 0.325. The van der Waals surface area contributed by atoms with Crippen molar-refractivity contribution in [1.82, 2.24) is 4.98 Å². The molecule has 0 amide bonds. The number of thiazole rings is 1. The van der Waals surface area contributed by atoms with E-state index >= 15 is 0 Å². The van der Waals surface area contributed by atoms with E-state index in [2.05, 4.69) is 16.8 Å². The Morgan fingerprint density at radius 3 is 2.88 bits per heavy atom. The number of alkyl halides is 1. The van der Waals surface area contributed by atoms with E-state index in [1.807, 2.05) is 0 Å². The molecule has 16 heavy (non-hydrogen) atoms. The third-order valence-corrected chi connectivity index (χ3v) is 2.64. The fourth-order valence-corrected chi connectivity index (χ4v) is 1.71. The van der Waals surface area contributed by atoms with E-state index in [1.165, 1.54) is 23.5 Å². The summed E-state index contributed by atoms with van der Waals surface area (Å²) in [6.07, 6.45) is 0. The summed E-state index contributed by atoms with van der Waals surface area (Å²) in [5, 5.41) is 2.09. The van der Waals surface area contributed by atoms with Crippen LogP contribution < -0.4 is 0 Å². The Kier molecular flexibility index (Phi) is 3.28. The summed E-state index contributed by atoms with van der Waals surface area (Å²) in [6.45, 7) is -0.577. The first-order chi connectivity index (χ1) is 7.78. The van der Waals surface area contributed by atoms with Gasteiger partial charge in [0.2, 0.25) is 0 Å². The molecule has 2 rings (SSSR count). The highest BCUT2D eigenvalue weighted by molar-refractivity contribution is 7.09. The molecule has 0 unspecified atom stereocenters. The molecule has 0 saturated carbocycles. The maximum Gasteiger partial charge on any atom is 0.141 e. The van der Waals surface area contributed by atoms with E-state index in [4.69, 9.17) is 0 Å². The van der Waals surface area contributed by atoms with E-state index in [0.717, 1.165) is 0 Å². The fraction of sp³-hybridized carbons (Fsp3) is 0.0833. The third kappa shape index (κ3) is 2.65. The molecule has 1 aromatic heterocycles. The molecular formula is C12H7F2NS. The van der Waals surface area contributed by atoms with Crippen LogP contribution in [0.4, 0.5) is 8.78 Å². The van der Waals surface area contributed by atoms with Crippen molar-refractivity contribution in [1.29, 1.82) is 0 Å². The van der Waals surface area contributed by atoms with Gasteiger partial charge in [0.25, 0.3) is 0 Å². The van der Waals surface area contributed by atoms with E-state index in [9.17, 15) is 8.78 Å². The summed E-state index contributed by atoms with van der Waals surface area (Å²) < 4.78 is 25.0. The van der Waals surface area contributed by atoms with Crippen LogP contribution in [-0.4, -0.2) is 4.98 Å². The van der Waals surface area contributed by atoms with Gasteiger partial charge in [-0.3, -0.25) is 0 Å². The minimum Gasteiger partial charge on any atom is -0.243 e. The zero-order valence-electron chi connectivity index (χ0n) is 8.21. The van der Waals surface area contributed by atoms with Gasteiger partial charge in [0.15, 0.2) is 0 Å². The number of nitrogens with zero attached hydrogens (tertiary/aromatic N) is 1. The summed E-state index contributed by atoms with van der Waals surface area (Å²) in [6, 6.07) is 6.00. The van der Waals surface area contributed by atoms with Gasteiger partial charge in [0.05, 0.1) is 0 Å². The molecule has 0 saturated heterocycles. The van der Waals surface area contributed by atoms with Crippen molar-refractivity contribution >= 4 is 11.3 Å². The van der Waals surface area contributed by atoms with Crippen molar-refractivity contribution in [2.75, 3.05) is 0 Å². The lowest BCUT2D eigenvalue weighted by Gasteiger charge is -1.88. The third-order valence-electron chi connectivity index (χ3n) is 1.83. The number of rotatable bonds is 1. The fourth-order valence-electron chi connectivity index (χ4n) is 1.13. The van der Waals surface area contributed by atoms with Crippen molar-refractivity contribution in [2.45, 2.75) is 6.67 Å². The Labute approximate surface area is 95.8 Å². The van der Waals surface area contributed by atoms with Crippen LogP contribution in [0.5, 0.6) is 0 Å². The number of hydrogen-bond donors (Lipinski definition) is 0. The van der Waals surface area contributed by atoms with Crippen molar-refractivity contribution < 1.29 is 8.78 Å². The maximum atomic E-state index is 12.8. The predicted octanol–water partition coefficient (Wildman–Crippen LogP) is 3.15. The number of halogens is 2. The molecule has 0 N–H and O–H groups in total. The number of aromatic nitrogens is 1. The molecule has 0 bridgehead atoms. The molecule has 0 aliphatic rings. The molecule has 0 atom stereocenters. The summed E-state index contributed by atoms with van der Waals surface area (Å²) in [5.41, 5.74) is 1.09. The van der Waals surface area contributed by atoms with Gasteiger partial charge in [0.1, 0.15) is 23.2 Å². The first-order valence-electron chi connectivity index (χ1n) is 4.56. The maximum absolute atomic E-state index is 12.8. The van der Waals surface area contributed by atoms with Crippen molar-refractivity contribution in [2.24, 2.45) is 0 Å². The van der Waals surface area contributed by atoms with Gasteiger partial charge in [-0.25, -0.2) is 13.8 Å². The van der Waals surface area contributed by atoms with Crippen molar-refractivity contribution in [3.05, 3.63) is 51.7 Å². The van der Waals surface area contributed by atoms with Crippen LogP contribution >= 0.6 is 11.3 Å². The quantitative estimate of drug-likeness (QED) is 0.691. The highest BCUT2D eigenvalue weighted by Crippen LogP contribution is 2.10. The van der Waals surface area contributed by atoms with Crippen LogP contribution in [0.1, 0.15) is 16.3 Å². The van der Waals surface area contributed by atoms with Gasteiger partial charge in [0, 0.05) is 10.9 Å². The Balaban J connectivity index is 2.21.